The number of ether oxygens (including phenoxy) is 1. The molecule has 8 heteroatoms. The van der Waals surface area contributed by atoms with Crippen molar-refractivity contribution in [2.45, 2.75) is 51.0 Å². The van der Waals surface area contributed by atoms with Crippen LogP contribution < -0.4 is 10.6 Å². The molecule has 0 aromatic heterocycles. The molecule has 0 aliphatic carbocycles. The first kappa shape index (κ1) is 24.3. The summed E-state index contributed by atoms with van der Waals surface area (Å²) in [6.45, 7) is 10.8. The highest BCUT2D eigenvalue weighted by atomic mass is 127. The van der Waals surface area contributed by atoms with Crippen LogP contribution in [0.1, 0.15) is 39.2 Å². The Hall–Kier alpha value is -1.00. The second-order valence-electron chi connectivity index (χ2n) is 7.89. The van der Waals surface area contributed by atoms with Gasteiger partial charge in [0, 0.05) is 42.4 Å². The summed E-state index contributed by atoms with van der Waals surface area (Å²) in [4.78, 5) is 19.5. The van der Waals surface area contributed by atoms with Gasteiger partial charge in [-0.25, -0.2) is 4.99 Å². The molecule has 1 aromatic rings. The van der Waals surface area contributed by atoms with Crippen LogP contribution in [0.3, 0.4) is 0 Å². The lowest BCUT2D eigenvalue weighted by Gasteiger charge is -2.39. The second-order valence-corrected chi connectivity index (χ2v) is 9.69. The SMILES string of the molecule is CCNC(=NCc1cccc(NC(=O)C2CCCO2)c1)N1CCSC(C)(C)C1.I. The molecule has 2 saturated heterocycles. The van der Waals surface area contributed by atoms with E-state index in [9.17, 15) is 4.79 Å². The highest BCUT2D eigenvalue weighted by Gasteiger charge is 2.28. The molecule has 1 unspecified atom stereocenters. The number of amides is 1. The number of rotatable bonds is 5. The van der Waals surface area contributed by atoms with Gasteiger partial charge >= 0.3 is 0 Å². The van der Waals surface area contributed by atoms with Crippen molar-refractivity contribution in [1.29, 1.82) is 0 Å². The minimum absolute atomic E-state index is 0. The monoisotopic (exact) mass is 532 g/mol. The van der Waals surface area contributed by atoms with Crippen molar-refractivity contribution in [2.24, 2.45) is 4.99 Å². The van der Waals surface area contributed by atoms with Crippen molar-refractivity contribution in [3.8, 4) is 0 Å². The average Bonchev–Trinajstić information content (AvgIpc) is 3.19. The Morgan fingerprint density at radius 3 is 2.93 bits per heavy atom. The number of hydrogen-bond acceptors (Lipinski definition) is 4. The van der Waals surface area contributed by atoms with Crippen molar-refractivity contribution >= 4 is 53.3 Å². The van der Waals surface area contributed by atoms with Gasteiger partial charge < -0.3 is 20.3 Å². The van der Waals surface area contributed by atoms with Crippen LogP contribution in [-0.4, -0.2) is 59.6 Å². The van der Waals surface area contributed by atoms with Gasteiger partial charge in [0.15, 0.2) is 5.96 Å². The van der Waals surface area contributed by atoms with Gasteiger partial charge in [-0.15, -0.1) is 24.0 Å². The minimum atomic E-state index is -0.317. The van der Waals surface area contributed by atoms with Crippen LogP contribution in [0.4, 0.5) is 5.69 Å². The van der Waals surface area contributed by atoms with E-state index < -0.39 is 0 Å². The Kier molecular flexibility index (Phi) is 9.55. The van der Waals surface area contributed by atoms with Crippen LogP contribution >= 0.6 is 35.7 Å². The molecule has 2 fully saturated rings. The summed E-state index contributed by atoms with van der Waals surface area (Å²) < 4.78 is 5.69. The zero-order valence-electron chi connectivity index (χ0n) is 17.6. The van der Waals surface area contributed by atoms with E-state index in [1.807, 2.05) is 36.0 Å². The summed E-state index contributed by atoms with van der Waals surface area (Å²) in [5.74, 6) is 2.02. The molecule has 1 amide bonds. The molecule has 2 heterocycles. The van der Waals surface area contributed by atoms with Gasteiger partial charge in [0.05, 0.1) is 6.54 Å². The van der Waals surface area contributed by atoms with Crippen LogP contribution in [0.2, 0.25) is 0 Å². The lowest BCUT2D eigenvalue weighted by Crippen LogP contribution is -2.50. The molecule has 2 aliphatic heterocycles. The number of aliphatic imine (C=N–C) groups is 1. The predicted molar refractivity (Wildman–Crippen MR) is 132 cm³/mol. The van der Waals surface area contributed by atoms with Crippen molar-refractivity contribution < 1.29 is 9.53 Å². The fourth-order valence-electron chi connectivity index (χ4n) is 3.54. The van der Waals surface area contributed by atoms with Crippen molar-refractivity contribution in [3.05, 3.63) is 29.8 Å². The lowest BCUT2D eigenvalue weighted by molar-refractivity contribution is -0.124. The zero-order chi connectivity index (χ0) is 20.0. The molecule has 0 spiro atoms. The van der Waals surface area contributed by atoms with E-state index in [4.69, 9.17) is 9.73 Å². The van der Waals surface area contributed by atoms with E-state index in [0.29, 0.717) is 13.2 Å². The standard InChI is InChI=1S/C21H32N4O2S.HI/c1-4-22-20(25-10-12-28-21(2,3)15-25)23-14-16-7-5-8-17(13-16)24-19(26)18-9-6-11-27-18;/h5,7-8,13,18H,4,6,9-12,14-15H2,1-3H3,(H,22,23)(H,24,26);1H. The lowest BCUT2D eigenvalue weighted by atomic mass is 10.2. The number of benzene rings is 1. The van der Waals surface area contributed by atoms with E-state index in [-0.39, 0.29) is 40.7 Å². The Bertz CT molecular complexity index is 708. The maximum Gasteiger partial charge on any atom is 0.253 e. The maximum atomic E-state index is 12.3. The second kappa shape index (κ2) is 11.4. The molecule has 6 nitrogen and oxygen atoms in total. The average molecular weight is 532 g/mol. The number of guanidine groups is 1. The van der Waals surface area contributed by atoms with Gasteiger partial charge in [0.25, 0.3) is 5.91 Å². The van der Waals surface area contributed by atoms with Crippen molar-refractivity contribution in [1.82, 2.24) is 10.2 Å². The first-order valence-corrected chi connectivity index (χ1v) is 11.1. The largest absolute Gasteiger partial charge is 0.368 e. The van der Waals surface area contributed by atoms with E-state index in [0.717, 1.165) is 55.4 Å². The molecule has 0 saturated carbocycles. The van der Waals surface area contributed by atoms with E-state index in [1.54, 1.807) is 0 Å². The number of hydrogen-bond donors (Lipinski definition) is 2. The van der Waals surface area contributed by atoms with Crippen LogP contribution in [-0.2, 0) is 16.1 Å². The Morgan fingerprint density at radius 1 is 1.41 bits per heavy atom. The number of thioether (sulfide) groups is 1. The fourth-order valence-corrected chi connectivity index (χ4v) is 4.66. The summed E-state index contributed by atoms with van der Waals surface area (Å²) in [5, 5.41) is 6.39. The first-order valence-electron chi connectivity index (χ1n) is 10.2. The molecular weight excluding hydrogens is 499 g/mol. The smallest absolute Gasteiger partial charge is 0.253 e. The normalized spacial score (nSPS) is 21.4. The summed E-state index contributed by atoms with van der Waals surface area (Å²) in [6, 6.07) is 7.92. The number of carbonyl (C=O) groups excluding carboxylic acids is 1. The first-order chi connectivity index (χ1) is 13.5. The van der Waals surface area contributed by atoms with Crippen molar-refractivity contribution in [3.63, 3.8) is 0 Å². The minimum Gasteiger partial charge on any atom is -0.368 e. The van der Waals surface area contributed by atoms with Gasteiger partial charge in [-0.2, -0.15) is 11.8 Å². The van der Waals surface area contributed by atoms with Crippen molar-refractivity contribution in [2.75, 3.05) is 37.3 Å². The third kappa shape index (κ3) is 7.32. The van der Waals surface area contributed by atoms with Crippen LogP contribution in [0.5, 0.6) is 0 Å². The van der Waals surface area contributed by atoms with Gasteiger partial charge in [-0.1, -0.05) is 12.1 Å². The highest BCUT2D eigenvalue weighted by Crippen LogP contribution is 2.29. The van der Waals surface area contributed by atoms with E-state index in [2.05, 4.69) is 36.3 Å². The third-order valence-electron chi connectivity index (χ3n) is 4.89. The van der Waals surface area contributed by atoms with Crippen LogP contribution in [0.25, 0.3) is 0 Å². The number of nitrogens with one attached hydrogen (secondary N) is 2. The highest BCUT2D eigenvalue weighted by molar-refractivity contribution is 14.0. The van der Waals surface area contributed by atoms with Gasteiger partial charge in [-0.05, 0) is 51.3 Å². The molecule has 1 aromatic carbocycles. The van der Waals surface area contributed by atoms with E-state index in [1.165, 1.54) is 0 Å². The summed E-state index contributed by atoms with van der Waals surface area (Å²) >= 11 is 2.02. The molecule has 2 N–H and O–H groups in total. The summed E-state index contributed by atoms with van der Waals surface area (Å²) in [6.07, 6.45) is 1.43. The number of halogens is 1. The molecule has 3 rings (SSSR count). The number of nitrogens with zero attached hydrogens (tertiary/aromatic N) is 2. The molecule has 0 bridgehead atoms. The number of anilines is 1. The molecule has 0 radical (unpaired) electrons. The Labute approximate surface area is 195 Å². The molecular formula is C21H33IN4O2S. The fraction of sp³-hybridized carbons (Fsp3) is 0.619. The third-order valence-corrected chi connectivity index (χ3v) is 6.19. The van der Waals surface area contributed by atoms with Gasteiger partial charge in [0.2, 0.25) is 0 Å². The maximum absolute atomic E-state index is 12.3. The van der Waals surface area contributed by atoms with Crippen LogP contribution in [0, 0.1) is 0 Å². The topological polar surface area (TPSA) is 66.0 Å². The predicted octanol–water partition coefficient (Wildman–Crippen LogP) is 3.72. The number of carbonyl (C=O) groups is 1. The van der Waals surface area contributed by atoms with Gasteiger partial charge in [0.1, 0.15) is 6.10 Å². The Balaban J connectivity index is 0.00000300. The molecule has 162 valence electrons. The summed E-state index contributed by atoms with van der Waals surface area (Å²) in [5.41, 5.74) is 1.87. The molecule has 2 aliphatic rings. The molecule has 29 heavy (non-hydrogen) atoms. The molecule has 1 atom stereocenters. The summed E-state index contributed by atoms with van der Waals surface area (Å²) in [7, 11) is 0. The quantitative estimate of drug-likeness (QED) is 0.344. The zero-order valence-corrected chi connectivity index (χ0v) is 20.7. The van der Waals surface area contributed by atoms with Crippen LogP contribution in [0.15, 0.2) is 29.3 Å². The van der Waals surface area contributed by atoms with Gasteiger partial charge in [-0.3, -0.25) is 4.79 Å². The van der Waals surface area contributed by atoms with E-state index >= 15 is 0 Å². The Morgan fingerprint density at radius 2 is 2.24 bits per heavy atom.